The summed E-state index contributed by atoms with van der Waals surface area (Å²) in [5.41, 5.74) is 8.47. The van der Waals surface area contributed by atoms with Gasteiger partial charge in [0.15, 0.2) is 23.7 Å². The number of oxime groups is 1. The summed E-state index contributed by atoms with van der Waals surface area (Å²) in [6.45, 7) is 2.83. The molecule has 0 spiro atoms. The number of fused-ring (bicyclic) bond motifs is 1. The number of halogens is 1. The van der Waals surface area contributed by atoms with E-state index in [0.29, 0.717) is 22.4 Å². The normalized spacial score (nSPS) is 20.1. The van der Waals surface area contributed by atoms with Gasteiger partial charge in [-0.3, -0.25) is 14.5 Å². The summed E-state index contributed by atoms with van der Waals surface area (Å²) < 4.78 is 18.3. The van der Waals surface area contributed by atoms with Gasteiger partial charge in [0, 0.05) is 17.3 Å². The van der Waals surface area contributed by atoms with E-state index in [0.717, 1.165) is 34.9 Å². The number of quaternary nitrogens is 1. The highest BCUT2D eigenvalue weighted by atomic mass is 32.2. The van der Waals surface area contributed by atoms with Crippen LogP contribution in [0.15, 0.2) is 34.1 Å². The molecule has 2 aromatic heterocycles. The summed E-state index contributed by atoms with van der Waals surface area (Å²) in [4.78, 5) is 52.1. The first-order chi connectivity index (χ1) is 19.0. The number of amides is 2. The number of aliphatic carboxylic acids is 1. The lowest BCUT2D eigenvalue weighted by atomic mass is 10.0. The standard InChI is InChI=1S/C23H27FN8O5S3/c1-12-15(39-11-26-12)8-32(2,3)6-4-5-13-10-38-21-17(20(34)31(21)18(13)22(35)36)28-16(33)7-27-37-9-14(24)19-29-23(25)40-30-19/h4-5,7,11,14,17,21H,6,8-10H2,1-3H3,(H3-,25,28,29,30,33,35,36)/b5-4+,27-7-/t14?,17-,21-/m1/s1. The molecule has 0 bridgehead atoms. The number of anilines is 1. The fourth-order valence-electron chi connectivity index (χ4n) is 4.00. The minimum absolute atomic E-state index is 0.112. The van der Waals surface area contributed by atoms with Gasteiger partial charge in [0.25, 0.3) is 11.8 Å². The fraction of sp³-hybridized carbons (Fsp3) is 0.435. The maximum Gasteiger partial charge on any atom is 0.266 e. The molecule has 0 saturated carbocycles. The average Bonchev–Trinajstić information content (AvgIpc) is 3.51. The van der Waals surface area contributed by atoms with Crippen LogP contribution in [-0.4, -0.2) is 92.1 Å². The van der Waals surface area contributed by atoms with E-state index in [4.69, 9.17) is 10.6 Å². The predicted molar refractivity (Wildman–Crippen MR) is 146 cm³/mol. The second-order valence-corrected chi connectivity index (χ2v) is 12.4. The Kier molecular flexibility index (Phi) is 9.17. The number of rotatable bonds is 12. The molecule has 214 valence electrons. The van der Waals surface area contributed by atoms with E-state index >= 15 is 0 Å². The molecule has 40 heavy (non-hydrogen) atoms. The van der Waals surface area contributed by atoms with Crippen molar-refractivity contribution in [2.75, 3.05) is 38.7 Å². The minimum atomic E-state index is -1.68. The lowest BCUT2D eigenvalue weighted by Crippen LogP contribution is -2.71. The van der Waals surface area contributed by atoms with Gasteiger partial charge in [0.05, 0.1) is 48.4 Å². The summed E-state index contributed by atoms with van der Waals surface area (Å²) in [6.07, 6.45) is 2.68. The lowest BCUT2D eigenvalue weighted by molar-refractivity contribution is -0.897. The van der Waals surface area contributed by atoms with Crippen LogP contribution in [0.5, 0.6) is 0 Å². The molecule has 1 fully saturated rings. The zero-order valence-electron chi connectivity index (χ0n) is 21.8. The molecular formula is C23H27FN8O5S3. The number of nitrogen functional groups attached to an aromatic ring is 1. The molecule has 3 atom stereocenters. The van der Waals surface area contributed by atoms with E-state index in [9.17, 15) is 23.9 Å². The molecule has 2 aliphatic heterocycles. The zero-order chi connectivity index (χ0) is 29.0. The van der Waals surface area contributed by atoms with Gasteiger partial charge in [-0.2, -0.15) is 4.37 Å². The van der Waals surface area contributed by atoms with Crippen LogP contribution in [0.25, 0.3) is 0 Å². The predicted octanol–water partition coefficient (Wildman–Crippen LogP) is 0.135. The highest BCUT2D eigenvalue weighted by molar-refractivity contribution is 8.00. The van der Waals surface area contributed by atoms with Crippen LogP contribution in [0, 0.1) is 6.92 Å². The zero-order valence-corrected chi connectivity index (χ0v) is 24.2. The van der Waals surface area contributed by atoms with Crippen molar-refractivity contribution in [3.05, 3.63) is 45.3 Å². The van der Waals surface area contributed by atoms with Gasteiger partial charge in [-0.1, -0.05) is 11.2 Å². The van der Waals surface area contributed by atoms with Crippen LogP contribution < -0.4 is 16.2 Å². The number of hydrogen-bond donors (Lipinski definition) is 2. The number of alkyl halides is 1. The Bertz CT molecular complexity index is 1370. The largest absolute Gasteiger partial charge is 0.543 e. The van der Waals surface area contributed by atoms with Crippen molar-refractivity contribution < 1.29 is 33.2 Å². The molecule has 0 aromatic carbocycles. The Hall–Kier alpha value is -3.41. The first-order valence-corrected chi connectivity index (χ1v) is 14.6. The van der Waals surface area contributed by atoms with Crippen molar-refractivity contribution in [1.29, 1.82) is 0 Å². The summed E-state index contributed by atoms with van der Waals surface area (Å²) in [6, 6.07) is -0.960. The average molecular weight is 611 g/mol. The van der Waals surface area contributed by atoms with E-state index in [-0.39, 0.29) is 16.7 Å². The number of carboxylic acids is 1. The van der Waals surface area contributed by atoms with Crippen molar-refractivity contribution in [3.8, 4) is 0 Å². The molecule has 4 rings (SSSR count). The van der Waals surface area contributed by atoms with Crippen LogP contribution in [0.2, 0.25) is 0 Å². The van der Waals surface area contributed by atoms with Gasteiger partial charge in [0.2, 0.25) is 0 Å². The Morgan fingerprint density at radius 2 is 2.23 bits per heavy atom. The molecule has 0 radical (unpaired) electrons. The Morgan fingerprint density at radius 1 is 1.45 bits per heavy atom. The van der Waals surface area contributed by atoms with E-state index < -0.39 is 42.0 Å². The van der Waals surface area contributed by atoms with Gasteiger partial charge < -0.3 is 30.3 Å². The molecule has 3 N–H and O–H groups in total. The Morgan fingerprint density at radius 3 is 2.88 bits per heavy atom. The molecule has 0 aliphatic carbocycles. The van der Waals surface area contributed by atoms with E-state index in [2.05, 4.69) is 38.9 Å². The number of aromatic nitrogens is 3. The smallest absolute Gasteiger partial charge is 0.266 e. The van der Waals surface area contributed by atoms with Gasteiger partial charge in [-0.05, 0) is 18.6 Å². The maximum atomic E-state index is 14.0. The minimum Gasteiger partial charge on any atom is -0.543 e. The number of thioether (sulfide) groups is 1. The Balaban J connectivity index is 1.31. The number of thiazole rings is 1. The third-order valence-electron chi connectivity index (χ3n) is 6.03. The molecule has 1 saturated heterocycles. The van der Waals surface area contributed by atoms with Crippen molar-refractivity contribution in [2.24, 2.45) is 5.16 Å². The highest BCUT2D eigenvalue weighted by Gasteiger charge is 2.52. The first kappa shape index (κ1) is 29.6. The lowest BCUT2D eigenvalue weighted by Gasteiger charge is -2.50. The van der Waals surface area contributed by atoms with Crippen molar-refractivity contribution in [1.82, 2.24) is 24.6 Å². The summed E-state index contributed by atoms with van der Waals surface area (Å²) >= 11 is 3.76. The fourth-order valence-corrected chi connectivity index (χ4v) is 6.79. The second-order valence-electron chi connectivity index (χ2n) is 9.59. The van der Waals surface area contributed by atoms with E-state index in [1.54, 1.807) is 17.4 Å². The highest BCUT2D eigenvalue weighted by Crippen LogP contribution is 2.40. The van der Waals surface area contributed by atoms with Crippen LogP contribution in [0.1, 0.15) is 22.6 Å². The molecule has 13 nitrogen and oxygen atoms in total. The van der Waals surface area contributed by atoms with E-state index in [1.807, 2.05) is 18.5 Å². The molecular weight excluding hydrogens is 584 g/mol. The van der Waals surface area contributed by atoms with Crippen LogP contribution in [-0.2, 0) is 25.8 Å². The molecule has 1 unspecified atom stereocenters. The molecule has 17 heteroatoms. The quantitative estimate of drug-likeness (QED) is 0.145. The monoisotopic (exact) mass is 610 g/mol. The number of hydrogen-bond acceptors (Lipinski definition) is 13. The van der Waals surface area contributed by atoms with Crippen LogP contribution in [0.3, 0.4) is 0 Å². The number of nitrogens with one attached hydrogen (secondary N) is 1. The van der Waals surface area contributed by atoms with Gasteiger partial charge in [-0.25, -0.2) is 14.4 Å². The number of carbonyl (C=O) groups excluding carboxylic acids is 3. The number of nitrogens with two attached hydrogens (primary N) is 1. The van der Waals surface area contributed by atoms with Crippen molar-refractivity contribution in [2.45, 2.75) is 31.1 Å². The number of likely N-dealkylation sites (N-methyl/N-ethyl adjacent to an activating group) is 1. The summed E-state index contributed by atoms with van der Waals surface area (Å²) in [7, 11) is 4.13. The number of nitrogens with zero attached hydrogens (tertiary/aromatic N) is 6. The maximum absolute atomic E-state index is 14.0. The number of carbonyl (C=O) groups is 3. The summed E-state index contributed by atoms with van der Waals surface area (Å²) in [5.74, 6) is -2.64. The number of carboxylic acid groups (broad SMARTS) is 1. The molecule has 2 aromatic rings. The third-order valence-corrected chi connectivity index (χ3v) is 8.81. The van der Waals surface area contributed by atoms with Crippen LogP contribution >= 0.6 is 34.6 Å². The number of allylic oxidation sites excluding steroid dienone is 1. The SMILES string of the molecule is Cc1ncsc1C[N+](C)(C)C/C=C/C1=C(C(=O)[O-])N2C(=O)[C@@H](NC(=O)/C=N\OCC(F)c3nsc(N)n3)[C@H]2SC1. The number of β-lactam (4-membered cyclic amide) rings is 1. The second kappa shape index (κ2) is 12.4. The third kappa shape index (κ3) is 6.83. The Labute approximate surface area is 241 Å². The molecule has 2 aliphatic rings. The van der Waals surface area contributed by atoms with E-state index in [1.165, 1.54) is 16.6 Å². The van der Waals surface area contributed by atoms with Crippen molar-refractivity contribution in [3.63, 3.8) is 0 Å². The van der Waals surface area contributed by atoms with Gasteiger partial charge in [-0.15, -0.1) is 23.1 Å². The van der Waals surface area contributed by atoms with Gasteiger partial charge in [0.1, 0.15) is 24.2 Å². The van der Waals surface area contributed by atoms with Crippen molar-refractivity contribution >= 4 is 63.8 Å². The molecule has 2 amide bonds. The topological polar surface area (TPSA) is 176 Å². The number of aryl methyl sites for hydroxylation is 1. The summed E-state index contributed by atoms with van der Waals surface area (Å²) in [5, 5.41) is 17.4. The first-order valence-electron chi connectivity index (χ1n) is 11.9. The van der Waals surface area contributed by atoms with Gasteiger partial charge >= 0.3 is 0 Å². The molecule has 4 heterocycles. The van der Waals surface area contributed by atoms with Crippen LogP contribution in [0.4, 0.5) is 9.52 Å².